The highest BCUT2D eigenvalue weighted by atomic mass is 16.1. The Hall–Kier alpha value is -1.62. The zero-order chi connectivity index (χ0) is 14.4. The van der Waals surface area contributed by atoms with E-state index in [4.69, 9.17) is 0 Å². The molecule has 5 heteroatoms. The summed E-state index contributed by atoms with van der Waals surface area (Å²) in [6.07, 6.45) is 5.53. The van der Waals surface area contributed by atoms with Crippen molar-refractivity contribution in [1.29, 1.82) is 0 Å². The van der Waals surface area contributed by atoms with Crippen LogP contribution in [0.1, 0.15) is 26.2 Å². The van der Waals surface area contributed by atoms with Gasteiger partial charge in [-0.25, -0.2) is 4.98 Å². The van der Waals surface area contributed by atoms with Gasteiger partial charge in [-0.15, -0.1) is 0 Å². The summed E-state index contributed by atoms with van der Waals surface area (Å²) in [6.45, 7) is 4.74. The Morgan fingerprint density at radius 2 is 2.10 bits per heavy atom. The van der Waals surface area contributed by atoms with E-state index in [2.05, 4.69) is 20.5 Å². The molecule has 1 aromatic heterocycles. The van der Waals surface area contributed by atoms with Crippen LogP contribution in [-0.4, -0.2) is 37.6 Å². The summed E-state index contributed by atoms with van der Waals surface area (Å²) >= 11 is 0. The van der Waals surface area contributed by atoms with Gasteiger partial charge >= 0.3 is 0 Å². The number of nitrogens with zero attached hydrogens (tertiary/aromatic N) is 2. The monoisotopic (exact) mass is 276 g/mol. The van der Waals surface area contributed by atoms with Gasteiger partial charge in [-0.2, -0.15) is 0 Å². The number of carbonyl (C=O) groups is 1. The molecule has 2 heterocycles. The van der Waals surface area contributed by atoms with Crippen molar-refractivity contribution in [2.24, 2.45) is 5.92 Å². The van der Waals surface area contributed by atoms with Crippen LogP contribution in [0.3, 0.4) is 0 Å². The van der Waals surface area contributed by atoms with Crippen molar-refractivity contribution in [1.82, 2.24) is 10.3 Å². The Morgan fingerprint density at radius 3 is 2.70 bits per heavy atom. The molecule has 1 amide bonds. The lowest BCUT2D eigenvalue weighted by Crippen LogP contribution is -2.30. The van der Waals surface area contributed by atoms with Crippen LogP contribution in [0.4, 0.5) is 11.5 Å². The minimum atomic E-state index is -0.0539. The molecule has 0 radical (unpaired) electrons. The number of hydrogen-bond donors (Lipinski definition) is 2. The quantitative estimate of drug-likeness (QED) is 0.862. The Balaban J connectivity index is 1.92. The van der Waals surface area contributed by atoms with Crippen LogP contribution in [-0.2, 0) is 4.79 Å². The highest BCUT2D eigenvalue weighted by molar-refractivity contribution is 5.92. The lowest BCUT2D eigenvalue weighted by atomic mass is 10.1. The molecule has 110 valence electrons. The average Bonchev–Trinajstić information content (AvgIpc) is 2.49. The molecule has 5 nitrogen and oxygen atoms in total. The van der Waals surface area contributed by atoms with E-state index in [1.807, 2.05) is 26.1 Å². The minimum absolute atomic E-state index is 0.0203. The van der Waals surface area contributed by atoms with Crippen molar-refractivity contribution in [3.8, 4) is 0 Å². The molecule has 0 aromatic carbocycles. The van der Waals surface area contributed by atoms with Crippen molar-refractivity contribution in [3.05, 3.63) is 18.3 Å². The van der Waals surface area contributed by atoms with Gasteiger partial charge in [0.1, 0.15) is 5.82 Å². The predicted molar refractivity (Wildman–Crippen MR) is 82.0 cm³/mol. The van der Waals surface area contributed by atoms with Crippen LogP contribution in [0, 0.1) is 5.92 Å². The molecule has 1 fully saturated rings. The summed E-state index contributed by atoms with van der Waals surface area (Å²) < 4.78 is 0. The summed E-state index contributed by atoms with van der Waals surface area (Å²) in [5, 5.41) is 5.90. The molecule has 0 spiro atoms. The van der Waals surface area contributed by atoms with Crippen molar-refractivity contribution < 1.29 is 4.79 Å². The smallest absolute Gasteiger partial charge is 0.228 e. The molecule has 0 bridgehead atoms. The van der Waals surface area contributed by atoms with E-state index in [-0.39, 0.29) is 11.8 Å². The van der Waals surface area contributed by atoms with E-state index in [9.17, 15) is 4.79 Å². The summed E-state index contributed by atoms with van der Waals surface area (Å²) in [7, 11) is 1.85. The molecule has 1 unspecified atom stereocenters. The maximum Gasteiger partial charge on any atom is 0.228 e. The number of pyridine rings is 1. The van der Waals surface area contributed by atoms with Crippen LogP contribution < -0.4 is 15.5 Å². The van der Waals surface area contributed by atoms with Gasteiger partial charge in [0, 0.05) is 25.6 Å². The second-order valence-corrected chi connectivity index (χ2v) is 5.40. The molecule has 1 saturated heterocycles. The lowest BCUT2D eigenvalue weighted by Gasteiger charge is -2.27. The summed E-state index contributed by atoms with van der Waals surface area (Å²) in [6, 6.07) is 3.92. The maximum atomic E-state index is 11.9. The third-order valence-corrected chi connectivity index (χ3v) is 3.65. The summed E-state index contributed by atoms with van der Waals surface area (Å²) in [5.74, 6) is 0.972. The minimum Gasteiger partial charge on any atom is -0.357 e. The van der Waals surface area contributed by atoms with Crippen molar-refractivity contribution in [2.75, 3.05) is 36.9 Å². The van der Waals surface area contributed by atoms with E-state index < -0.39 is 0 Å². The van der Waals surface area contributed by atoms with E-state index in [1.165, 1.54) is 19.3 Å². The summed E-state index contributed by atoms with van der Waals surface area (Å²) in [5.41, 5.74) is 0.763. The Morgan fingerprint density at radius 1 is 1.35 bits per heavy atom. The molecule has 1 atom stereocenters. The molecule has 0 aliphatic carbocycles. The van der Waals surface area contributed by atoms with Gasteiger partial charge in [-0.05, 0) is 38.4 Å². The van der Waals surface area contributed by atoms with Crippen molar-refractivity contribution >= 4 is 17.4 Å². The largest absolute Gasteiger partial charge is 0.357 e. The second-order valence-electron chi connectivity index (χ2n) is 5.40. The van der Waals surface area contributed by atoms with Gasteiger partial charge in [-0.1, -0.05) is 6.92 Å². The van der Waals surface area contributed by atoms with Crippen LogP contribution in [0.2, 0.25) is 0 Å². The first-order chi connectivity index (χ1) is 9.70. The highest BCUT2D eigenvalue weighted by Gasteiger charge is 2.14. The number of carbonyl (C=O) groups excluding carboxylic acids is 1. The van der Waals surface area contributed by atoms with Gasteiger partial charge in [0.05, 0.1) is 11.9 Å². The summed E-state index contributed by atoms with van der Waals surface area (Å²) in [4.78, 5) is 18.7. The fraction of sp³-hybridized carbons (Fsp3) is 0.600. The van der Waals surface area contributed by atoms with Gasteiger partial charge < -0.3 is 15.5 Å². The Kier molecular flexibility index (Phi) is 5.35. The van der Waals surface area contributed by atoms with Crippen LogP contribution >= 0.6 is 0 Å². The SMILES string of the molecule is CNCC(C)C(=O)Nc1ccc(N2CCCCC2)nc1. The molecule has 20 heavy (non-hydrogen) atoms. The van der Waals surface area contributed by atoms with Gasteiger partial charge in [0.2, 0.25) is 5.91 Å². The van der Waals surface area contributed by atoms with E-state index in [1.54, 1.807) is 6.20 Å². The van der Waals surface area contributed by atoms with Gasteiger partial charge in [0.15, 0.2) is 0 Å². The van der Waals surface area contributed by atoms with Gasteiger partial charge in [-0.3, -0.25) is 4.79 Å². The van der Waals surface area contributed by atoms with E-state index in [0.717, 1.165) is 24.6 Å². The molecule has 1 aliphatic heterocycles. The standard InChI is InChI=1S/C15H24N4O/c1-12(10-16-2)15(20)18-13-6-7-14(17-11-13)19-8-4-3-5-9-19/h6-7,11-12,16H,3-5,8-10H2,1-2H3,(H,18,20). The third kappa shape index (κ3) is 3.93. The van der Waals surface area contributed by atoms with E-state index in [0.29, 0.717) is 6.54 Å². The Bertz CT molecular complexity index is 426. The fourth-order valence-corrected chi connectivity index (χ4v) is 2.43. The maximum absolute atomic E-state index is 11.9. The number of rotatable bonds is 5. The number of amides is 1. The lowest BCUT2D eigenvalue weighted by molar-refractivity contribution is -0.119. The zero-order valence-corrected chi connectivity index (χ0v) is 12.4. The molecule has 0 saturated carbocycles. The van der Waals surface area contributed by atoms with Crippen LogP contribution in [0.5, 0.6) is 0 Å². The second kappa shape index (κ2) is 7.24. The number of piperidine rings is 1. The molecule has 1 aromatic rings. The number of nitrogens with one attached hydrogen (secondary N) is 2. The first kappa shape index (κ1) is 14.8. The molecule has 1 aliphatic rings. The van der Waals surface area contributed by atoms with Crippen molar-refractivity contribution in [3.63, 3.8) is 0 Å². The van der Waals surface area contributed by atoms with Crippen LogP contribution in [0.25, 0.3) is 0 Å². The molecular formula is C15H24N4O. The Labute approximate surface area is 120 Å². The first-order valence-corrected chi connectivity index (χ1v) is 7.37. The topological polar surface area (TPSA) is 57.3 Å². The molecule has 2 rings (SSSR count). The molecule has 2 N–H and O–H groups in total. The fourth-order valence-electron chi connectivity index (χ4n) is 2.43. The number of anilines is 2. The van der Waals surface area contributed by atoms with Crippen LogP contribution in [0.15, 0.2) is 18.3 Å². The predicted octanol–water partition coefficient (Wildman–Crippen LogP) is 1.87. The van der Waals surface area contributed by atoms with Gasteiger partial charge in [0.25, 0.3) is 0 Å². The average molecular weight is 276 g/mol. The highest BCUT2D eigenvalue weighted by Crippen LogP contribution is 2.19. The number of hydrogen-bond acceptors (Lipinski definition) is 4. The van der Waals surface area contributed by atoms with Crippen molar-refractivity contribution in [2.45, 2.75) is 26.2 Å². The normalized spacial score (nSPS) is 16.8. The first-order valence-electron chi connectivity index (χ1n) is 7.37. The number of aromatic nitrogens is 1. The zero-order valence-electron chi connectivity index (χ0n) is 12.4. The van der Waals surface area contributed by atoms with E-state index >= 15 is 0 Å². The third-order valence-electron chi connectivity index (χ3n) is 3.65. The molecular weight excluding hydrogens is 252 g/mol.